The Hall–Kier alpha value is -1.36. The number of halogens is 1. The largest absolute Gasteiger partial charge is 0.327 e. The van der Waals surface area contributed by atoms with Crippen LogP contribution in [0, 0.1) is 5.92 Å². The lowest BCUT2D eigenvalue weighted by molar-refractivity contribution is -0.142. The zero-order valence-electron chi connectivity index (χ0n) is 12.1. The fourth-order valence-corrected chi connectivity index (χ4v) is 3.91. The van der Waals surface area contributed by atoms with Crippen LogP contribution in [-0.2, 0) is 9.59 Å². The van der Waals surface area contributed by atoms with E-state index in [1.165, 1.54) is 0 Å². The molecule has 21 heavy (non-hydrogen) atoms. The van der Waals surface area contributed by atoms with Crippen molar-refractivity contribution < 1.29 is 9.59 Å². The molecule has 0 aromatic carbocycles. The van der Waals surface area contributed by atoms with Gasteiger partial charge in [-0.15, -0.1) is 0 Å². The van der Waals surface area contributed by atoms with Gasteiger partial charge in [0.05, 0.1) is 0 Å². The van der Waals surface area contributed by atoms with Crippen LogP contribution in [0.25, 0.3) is 0 Å². The minimum Gasteiger partial charge on any atom is -0.327 e. The fraction of sp³-hybridized carbons (Fsp3) is 0.667. The quantitative estimate of drug-likeness (QED) is 0.868. The molecule has 1 aliphatic carbocycles. The Morgan fingerprint density at radius 3 is 3.00 bits per heavy atom. The molecule has 3 rings (SSSR count). The van der Waals surface area contributed by atoms with Gasteiger partial charge in [-0.3, -0.25) is 9.59 Å². The molecule has 2 amide bonds. The number of hydrogen-bond donors (Lipinski definition) is 1. The molecular weight excluding hydrogens is 290 g/mol. The third-order valence-corrected chi connectivity index (χ3v) is 4.90. The summed E-state index contributed by atoms with van der Waals surface area (Å²) in [6.45, 7) is 1.84. The maximum Gasteiger partial charge on any atom is 0.248 e. The molecule has 0 aromatic rings. The van der Waals surface area contributed by atoms with Crippen molar-refractivity contribution >= 4 is 28.6 Å². The second-order valence-electron chi connectivity index (χ2n) is 5.93. The second kappa shape index (κ2) is 5.79. The topological polar surface area (TPSA) is 61.8 Å². The van der Waals surface area contributed by atoms with Crippen LogP contribution >= 0.6 is 11.6 Å². The standard InChI is InChI=1S/C15H20ClN3O2/c1-2-13(20)19-10-7-6-9(8-10)14(19)15(21)18-12-5-3-4-11(16)17-12/h5,9-10,14H,2-4,6-8H2,1H3,(H,18,21). The van der Waals surface area contributed by atoms with Gasteiger partial charge in [-0.2, -0.15) is 0 Å². The van der Waals surface area contributed by atoms with E-state index in [2.05, 4.69) is 10.3 Å². The first-order valence-electron chi connectivity index (χ1n) is 7.65. The van der Waals surface area contributed by atoms with Gasteiger partial charge >= 0.3 is 0 Å². The van der Waals surface area contributed by atoms with E-state index >= 15 is 0 Å². The van der Waals surface area contributed by atoms with Crippen molar-refractivity contribution in [2.45, 2.75) is 57.5 Å². The lowest BCUT2D eigenvalue weighted by Gasteiger charge is -2.34. The molecule has 1 saturated carbocycles. The highest BCUT2D eigenvalue weighted by atomic mass is 35.5. The highest BCUT2D eigenvalue weighted by Gasteiger charge is 2.50. The maximum absolute atomic E-state index is 12.6. The lowest BCUT2D eigenvalue weighted by atomic mass is 9.97. The van der Waals surface area contributed by atoms with Gasteiger partial charge in [0, 0.05) is 18.9 Å². The summed E-state index contributed by atoms with van der Waals surface area (Å²) in [5.41, 5.74) is 0. The molecule has 2 fully saturated rings. The number of aliphatic imine (C=N–C) groups is 1. The number of nitrogens with one attached hydrogen (secondary N) is 1. The number of carbonyl (C=O) groups is 2. The van der Waals surface area contributed by atoms with E-state index in [1.54, 1.807) is 4.90 Å². The Morgan fingerprint density at radius 2 is 2.29 bits per heavy atom. The van der Waals surface area contributed by atoms with Gasteiger partial charge in [0.1, 0.15) is 17.0 Å². The van der Waals surface area contributed by atoms with Crippen molar-refractivity contribution in [2.75, 3.05) is 0 Å². The number of fused-ring (bicyclic) bond motifs is 2. The van der Waals surface area contributed by atoms with Crippen molar-refractivity contribution in [2.24, 2.45) is 10.9 Å². The Kier molecular flexibility index (Phi) is 4.02. The van der Waals surface area contributed by atoms with Gasteiger partial charge < -0.3 is 10.2 Å². The molecule has 1 saturated heterocycles. The number of allylic oxidation sites excluding steroid dienone is 1. The highest BCUT2D eigenvalue weighted by Crippen LogP contribution is 2.42. The average molecular weight is 310 g/mol. The number of hydrogen-bond acceptors (Lipinski definition) is 3. The normalized spacial score (nSPS) is 31.0. The predicted molar refractivity (Wildman–Crippen MR) is 80.8 cm³/mol. The monoisotopic (exact) mass is 309 g/mol. The third-order valence-electron chi connectivity index (χ3n) is 4.63. The number of carbonyl (C=O) groups excluding carboxylic acids is 2. The summed E-state index contributed by atoms with van der Waals surface area (Å²) < 4.78 is 0. The SMILES string of the molecule is CCC(=O)N1C2CCC(C2)C1C(=O)NC1=CCCC(Cl)=N1. The number of rotatable bonds is 3. The molecule has 3 atom stereocenters. The van der Waals surface area contributed by atoms with Crippen LogP contribution in [0.1, 0.15) is 45.4 Å². The van der Waals surface area contributed by atoms with Gasteiger partial charge in [-0.05, 0) is 37.7 Å². The van der Waals surface area contributed by atoms with Crippen LogP contribution in [-0.4, -0.2) is 34.0 Å². The van der Waals surface area contributed by atoms with Crippen LogP contribution in [0.15, 0.2) is 16.9 Å². The summed E-state index contributed by atoms with van der Waals surface area (Å²) in [6, 6.07) is -0.0985. The number of piperidine rings is 1. The van der Waals surface area contributed by atoms with Gasteiger partial charge in [0.25, 0.3) is 0 Å². The molecule has 114 valence electrons. The van der Waals surface area contributed by atoms with E-state index in [1.807, 2.05) is 13.0 Å². The van der Waals surface area contributed by atoms with E-state index in [0.29, 0.717) is 17.4 Å². The molecule has 3 aliphatic rings. The van der Waals surface area contributed by atoms with Crippen LogP contribution < -0.4 is 5.32 Å². The van der Waals surface area contributed by atoms with E-state index < -0.39 is 0 Å². The van der Waals surface area contributed by atoms with E-state index in [0.717, 1.165) is 32.1 Å². The van der Waals surface area contributed by atoms with E-state index in [-0.39, 0.29) is 29.8 Å². The maximum atomic E-state index is 12.6. The minimum atomic E-state index is -0.340. The molecule has 1 N–H and O–H groups in total. The zero-order chi connectivity index (χ0) is 15.0. The molecule has 2 aliphatic heterocycles. The third kappa shape index (κ3) is 2.71. The molecule has 2 bridgehead atoms. The van der Waals surface area contributed by atoms with Crippen molar-refractivity contribution in [1.29, 1.82) is 0 Å². The lowest BCUT2D eigenvalue weighted by Crippen LogP contribution is -2.52. The minimum absolute atomic E-state index is 0.0708. The van der Waals surface area contributed by atoms with Gasteiger partial charge in [-0.1, -0.05) is 18.5 Å². The Labute approximate surface area is 129 Å². The van der Waals surface area contributed by atoms with Gasteiger partial charge in [0.2, 0.25) is 11.8 Å². The number of nitrogens with zero attached hydrogens (tertiary/aromatic N) is 2. The second-order valence-corrected chi connectivity index (χ2v) is 6.37. The molecule has 3 unspecified atom stereocenters. The Bertz CT molecular complexity index is 529. The molecule has 6 heteroatoms. The Morgan fingerprint density at radius 1 is 1.48 bits per heavy atom. The van der Waals surface area contributed by atoms with E-state index in [9.17, 15) is 9.59 Å². The summed E-state index contributed by atoms with van der Waals surface area (Å²) in [5.74, 6) is 0.754. The van der Waals surface area contributed by atoms with Crippen LogP contribution in [0.5, 0.6) is 0 Å². The van der Waals surface area contributed by atoms with Crippen LogP contribution in [0.4, 0.5) is 0 Å². The van der Waals surface area contributed by atoms with Crippen LogP contribution in [0.3, 0.4) is 0 Å². The van der Waals surface area contributed by atoms with Gasteiger partial charge in [0.15, 0.2) is 0 Å². The first-order valence-corrected chi connectivity index (χ1v) is 8.03. The van der Waals surface area contributed by atoms with Crippen LogP contribution in [0.2, 0.25) is 0 Å². The first-order chi connectivity index (χ1) is 10.1. The Balaban J connectivity index is 1.74. The van der Waals surface area contributed by atoms with E-state index in [4.69, 9.17) is 11.6 Å². The number of amides is 2. The van der Waals surface area contributed by atoms with Gasteiger partial charge in [-0.25, -0.2) is 4.99 Å². The smallest absolute Gasteiger partial charge is 0.248 e. The average Bonchev–Trinajstić information content (AvgIpc) is 3.07. The summed E-state index contributed by atoms with van der Waals surface area (Å²) in [4.78, 5) is 30.7. The van der Waals surface area contributed by atoms with Crippen molar-refractivity contribution in [3.8, 4) is 0 Å². The molecule has 0 spiro atoms. The predicted octanol–water partition coefficient (Wildman–Crippen LogP) is 2.16. The molecule has 0 aromatic heterocycles. The summed E-state index contributed by atoms with van der Waals surface area (Å²) in [5, 5.41) is 3.36. The highest BCUT2D eigenvalue weighted by molar-refractivity contribution is 6.65. The van der Waals surface area contributed by atoms with Crippen molar-refractivity contribution in [3.63, 3.8) is 0 Å². The first kappa shape index (κ1) is 14.6. The summed E-state index contributed by atoms with van der Waals surface area (Å²) in [6.07, 6.45) is 6.82. The molecule has 0 radical (unpaired) electrons. The summed E-state index contributed by atoms with van der Waals surface area (Å²) >= 11 is 5.91. The summed E-state index contributed by atoms with van der Waals surface area (Å²) in [7, 11) is 0. The fourth-order valence-electron chi connectivity index (χ4n) is 3.71. The van der Waals surface area contributed by atoms with Crippen molar-refractivity contribution in [1.82, 2.24) is 10.2 Å². The zero-order valence-corrected chi connectivity index (χ0v) is 12.9. The number of likely N-dealkylation sites (tertiary alicyclic amines) is 1. The molecule has 5 nitrogen and oxygen atoms in total. The molecular formula is C15H20ClN3O2. The van der Waals surface area contributed by atoms with Crippen molar-refractivity contribution in [3.05, 3.63) is 11.9 Å². The molecule has 2 heterocycles.